The quantitative estimate of drug-likeness (QED) is 0.00762. The number of carbonyl (C=O) groups is 7. The topological polar surface area (TPSA) is 463 Å². The van der Waals surface area contributed by atoms with Crippen molar-refractivity contribution in [3.05, 3.63) is 28.4 Å². The van der Waals surface area contributed by atoms with Gasteiger partial charge in [-0.2, -0.15) is 21.0 Å². The van der Waals surface area contributed by atoms with Crippen LogP contribution in [-0.4, -0.2) is 192 Å². The second-order valence-corrected chi connectivity index (χ2v) is 34.1. The molecule has 11 N–H and O–H groups in total. The van der Waals surface area contributed by atoms with Gasteiger partial charge in [-0.3, -0.25) is 19.1 Å². The van der Waals surface area contributed by atoms with E-state index >= 15 is 0 Å². The van der Waals surface area contributed by atoms with E-state index in [0.717, 1.165) is 17.5 Å². The van der Waals surface area contributed by atoms with Gasteiger partial charge in [0.2, 0.25) is 9.05 Å². The number of nitrogens with two attached hydrogens (primary N) is 3. The summed E-state index contributed by atoms with van der Waals surface area (Å²) in [6.07, 6.45) is -2.02. The zero-order valence-corrected chi connectivity index (χ0v) is 69.8. The van der Waals surface area contributed by atoms with Gasteiger partial charge in [-0.1, -0.05) is 43.3 Å². The van der Waals surface area contributed by atoms with Crippen molar-refractivity contribution >= 4 is 147 Å². The van der Waals surface area contributed by atoms with Crippen LogP contribution in [0, 0.1) is 10.1 Å². The van der Waals surface area contributed by atoms with Crippen molar-refractivity contribution in [1.82, 2.24) is 20.9 Å². The minimum Gasteiger partial charge on any atom is -0.742 e. The number of rotatable bonds is 16. The van der Waals surface area contributed by atoms with Gasteiger partial charge in [-0.25, -0.2) is 37.4 Å². The van der Waals surface area contributed by atoms with Crippen LogP contribution in [0.1, 0.15) is 159 Å². The number of amides is 3. The molecule has 0 aromatic carbocycles. The van der Waals surface area contributed by atoms with Crippen LogP contribution in [-0.2, 0) is 74.0 Å². The molecule has 554 valence electrons. The van der Waals surface area contributed by atoms with Gasteiger partial charge in [0, 0.05) is 83.8 Å². The number of halogens is 2. The first kappa shape index (κ1) is 113. The van der Waals surface area contributed by atoms with E-state index < -0.39 is 94.9 Å². The number of nitrogens with zero attached hydrogens (tertiary/aromatic N) is 2. The van der Waals surface area contributed by atoms with Crippen molar-refractivity contribution in [2.24, 2.45) is 17.2 Å². The summed E-state index contributed by atoms with van der Waals surface area (Å²) in [7, 11) is 0.889. The predicted molar refractivity (Wildman–Crippen MR) is 378 cm³/mol. The number of hydrogen-bond donors (Lipinski definition) is 9. The summed E-state index contributed by atoms with van der Waals surface area (Å²) in [5.41, 5.74) is 12.5. The molecule has 0 spiro atoms. The molecule has 3 amide bonds. The molecule has 1 rings (SSSR count). The molecule has 6 unspecified atom stereocenters. The number of aliphatic hydroxyl groups excluding tert-OH is 2. The normalized spacial score (nSPS) is 12.6. The van der Waals surface area contributed by atoms with Gasteiger partial charge in [0.1, 0.15) is 39.2 Å². The van der Waals surface area contributed by atoms with Crippen LogP contribution in [0.25, 0.3) is 0 Å². The number of aromatic nitrogens is 1. The number of nitro groups is 1. The summed E-state index contributed by atoms with van der Waals surface area (Å²) in [4.78, 5) is 89.2. The molecule has 0 aliphatic heterocycles. The molecule has 0 fully saturated rings. The zero-order chi connectivity index (χ0) is 75.0. The van der Waals surface area contributed by atoms with Gasteiger partial charge in [-0.05, 0) is 148 Å². The first-order chi connectivity index (χ1) is 40.9. The molecule has 6 atom stereocenters. The average Bonchev–Trinajstić information content (AvgIpc) is 1.26. The predicted octanol–water partition coefficient (Wildman–Crippen LogP) is 6.18. The van der Waals surface area contributed by atoms with Crippen LogP contribution in [0.3, 0.4) is 0 Å². The maximum Gasteiger partial charge on any atom is 1.00 e. The van der Waals surface area contributed by atoms with E-state index in [2.05, 4.69) is 65.8 Å². The minimum absolute atomic E-state index is 0. The molecule has 0 saturated carbocycles. The number of ether oxygens (including phenoxy) is 6. The van der Waals surface area contributed by atoms with E-state index in [1.54, 1.807) is 141 Å². The fraction of sp³-hybridized carbons (Fsp3) is 0.778. The zero-order valence-electron chi connectivity index (χ0n) is 59.3. The van der Waals surface area contributed by atoms with E-state index in [1.165, 1.54) is 48.7 Å². The van der Waals surface area contributed by atoms with E-state index in [9.17, 15) is 60.5 Å². The number of pyridine rings is 1. The molecule has 0 bridgehead atoms. The monoisotopic (exact) mass is 1550 g/mol. The number of aliphatic hydroxyl groups is 2. The summed E-state index contributed by atoms with van der Waals surface area (Å²) < 4.78 is 73.7. The molecule has 40 heteroatoms. The van der Waals surface area contributed by atoms with E-state index in [4.69, 9.17) is 51.1 Å². The van der Waals surface area contributed by atoms with Crippen LogP contribution < -0.4 is 84.5 Å². The molecule has 1 aromatic heterocycles. The standard InChI is InChI=1S/C10H19NO3S.C10H18O5.C9H19NO5S.C8H11N3O2S2.C8H17NO3.C3H9NO.C3H9NS.C2H4OS.CH3ClO2S.ClH.K/c1-7(15-8(2)12)6-11-9(13)14-10(3,4)5;1-9(2,3)14-7(11)13-8(12)15-10(4,5)6;1-7(15-16(5,12)13)6-10-8(11)14-9(2,3)4;1-6(4-9)14-15-8-3-2-7(5-10-8)11(12)13;1-6(10)5-9-7(11)12-8(2,3)4;2*1-3(5)2-4;1-2(3)4;1-5(2,3)4;;/h7H,6H2,1-5H3,(H,11,13);1-6H3;7H,6H2,1-5H3,(H,10,11);2-3,5-6H,4,9H2,1H3;6,10H,5H2,1-4H3,(H,9,11);2*3,5H,2,4H2,1H3;1H3,(H,3,4);1H3;1H;/q;;;;;;;;;;+1/p-1. The smallest absolute Gasteiger partial charge is 0.742 e. The maximum atomic E-state index is 11.2. The molecule has 0 aliphatic carbocycles. The number of alkyl carbamates (subject to hydrolysis) is 3. The van der Waals surface area contributed by atoms with Gasteiger partial charge >= 0.3 is 82.0 Å². The van der Waals surface area contributed by atoms with E-state index in [-0.39, 0.29) is 104 Å². The molecular weight excluding hydrogens is 1450 g/mol. The Morgan fingerprint density at radius 3 is 1.20 bits per heavy atom. The summed E-state index contributed by atoms with van der Waals surface area (Å²) in [5, 5.41) is 36.2. The van der Waals surface area contributed by atoms with Crippen LogP contribution in [0.5, 0.6) is 0 Å². The molecule has 1 heterocycles. The van der Waals surface area contributed by atoms with Crippen molar-refractivity contribution in [2.45, 2.75) is 226 Å². The van der Waals surface area contributed by atoms with Crippen LogP contribution in [0.2, 0.25) is 0 Å². The van der Waals surface area contributed by atoms with Gasteiger partial charge in [0.05, 0.1) is 35.7 Å². The Morgan fingerprint density at radius 1 is 0.649 bits per heavy atom. The Bertz CT molecular complexity index is 2410. The second-order valence-electron chi connectivity index (χ2n) is 23.7. The molecular formula is C54H109Cl2KN8O22S7. The van der Waals surface area contributed by atoms with Crippen molar-refractivity contribution in [2.75, 3.05) is 51.8 Å². The number of hydrogen-bond acceptors (Lipinski definition) is 31. The number of nitrogens with one attached hydrogen (secondary N) is 3. The molecule has 30 nitrogen and oxygen atoms in total. The van der Waals surface area contributed by atoms with Crippen molar-refractivity contribution < 1.29 is 150 Å². The largest absolute Gasteiger partial charge is 1.00 e. The average molecular weight is 1560 g/mol. The van der Waals surface area contributed by atoms with Gasteiger partial charge < -0.3 is 89.2 Å². The third kappa shape index (κ3) is 123. The van der Waals surface area contributed by atoms with Gasteiger partial charge in [0.15, 0.2) is 5.12 Å². The van der Waals surface area contributed by atoms with E-state index in [1.807, 2.05) is 20.8 Å². The molecule has 0 radical (unpaired) electrons. The Hall–Kier alpha value is -2.06. The minimum atomic E-state index is -3.50. The fourth-order valence-corrected chi connectivity index (χ4v) is 6.87. The Kier molecular flexibility index (Phi) is 72.0. The van der Waals surface area contributed by atoms with Crippen molar-refractivity contribution in [3.8, 4) is 0 Å². The number of carbonyl (C=O) groups excluding carboxylic acids is 7. The number of thiol groups is 1. The SMILES string of the molecule is CC(=O)SC(C)CNC(=O)OC(C)(C)C.CC(=O)[S-].CC(C)(C)OC(=O)OC(=O)OC(C)(C)C.CC(CN)SSc1ccc([N+](=O)[O-])cn1.CC(CNC(=O)OC(C)(C)C)OS(C)(=O)=O.CC(O)CN.CC(O)CNC(=O)OC(C)(C)C.CC(S)CN.CS(=O)(=O)Cl.Cl.[K+]. The van der Waals surface area contributed by atoms with Gasteiger partial charge in [-0.15, -0.1) is 12.4 Å². The first-order valence-electron chi connectivity index (χ1n) is 27.7. The van der Waals surface area contributed by atoms with E-state index in [0.29, 0.717) is 36.7 Å². The van der Waals surface area contributed by atoms with Crippen LogP contribution in [0.4, 0.5) is 29.7 Å². The Balaban J connectivity index is -0.000000109. The third-order valence-electron chi connectivity index (χ3n) is 6.70. The van der Waals surface area contributed by atoms with Crippen LogP contribution in [0.15, 0.2) is 23.4 Å². The third-order valence-corrected chi connectivity index (χ3v) is 11.3. The molecule has 1 aromatic rings. The summed E-state index contributed by atoms with van der Waals surface area (Å²) in [6.45, 7) is 41.9. The summed E-state index contributed by atoms with van der Waals surface area (Å²) in [6, 6.07) is 3.09. The maximum absolute atomic E-state index is 11.2. The van der Waals surface area contributed by atoms with Crippen molar-refractivity contribution in [3.63, 3.8) is 0 Å². The Morgan fingerprint density at radius 2 is 0.968 bits per heavy atom. The van der Waals surface area contributed by atoms with Gasteiger partial charge in [0.25, 0.3) is 15.8 Å². The molecule has 94 heavy (non-hydrogen) atoms. The number of thioether (sulfide) groups is 1. The van der Waals surface area contributed by atoms with Crippen LogP contribution >= 0.6 is 69.1 Å². The summed E-state index contributed by atoms with van der Waals surface area (Å²) >= 11 is 9.16. The molecule has 0 aliphatic rings. The first-order valence-corrected chi connectivity index (χ1v) is 36.2. The Labute approximate surface area is 635 Å². The molecule has 0 saturated heterocycles. The fourth-order valence-electron chi connectivity index (χ4n) is 3.60. The van der Waals surface area contributed by atoms with Crippen molar-refractivity contribution in [1.29, 1.82) is 0 Å². The summed E-state index contributed by atoms with van der Waals surface area (Å²) in [5.74, 6) is 0. The second kappa shape index (κ2) is 59.8.